The van der Waals surface area contributed by atoms with E-state index in [0.717, 1.165) is 34.5 Å². The molecule has 106 valence electrons. The van der Waals surface area contributed by atoms with E-state index in [1.807, 2.05) is 43.3 Å². The highest BCUT2D eigenvalue weighted by atomic mass is 16.5. The van der Waals surface area contributed by atoms with Gasteiger partial charge in [-0.05, 0) is 49.7 Å². The SMILES string of the molecule is CCc1nc(C)ccc1Oc1ccc2ncccc2c1N. The second-order valence-electron chi connectivity index (χ2n) is 4.90. The number of hydrogen-bond acceptors (Lipinski definition) is 4. The zero-order valence-electron chi connectivity index (χ0n) is 12.1. The van der Waals surface area contributed by atoms with Crippen molar-refractivity contribution in [3.8, 4) is 11.5 Å². The van der Waals surface area contributed by atoms with Crippen LogP contribution in [0.25, 0.3) is 10.9 Å². The maximum absolute atomic E-state index is 6.20. The van der Waals surface area contributed by atoms with Crippen molar-refractivity contribution in [1.29, 1.82) is 0 Å². The zero-order valence-corrected chi connectivity index (χ0v) is 12.1. The summed E-state index contributed by atoms with van der Waals surface area (Å²) in [4.78, 5) is 8.79. The van der Waals surface area contributed by atoms with Crippen molar-refractivity contribution in [2.45, 2.75) is 20.3 Å². The van der Waals surface area contributed by atoms with Gasteiger partial charge in [0.1, 0.15) is 5.75 Å². The summed E-state index contributed by atoms with van der Waals surface area (Å²) in [5.74, 6) is 1.38. The lowest BCUT2D eigenvalue weighted by atomic mass is 10.1. The third kappa shape index (κ3) is 2.52. The normalized spacial score (nSPS) is 10.8. The molecule has 3 aromatic rings. The Morgan fingerprint density at radius 2 is 1.90 bits per heavy atom. The summed E-state index contributed by atoms with van der Waals surface area (Å²) < 4.78 is 5.98. The summed E-state index contributed by atoms with van der Waals surface area (Å²) in [6.07, 6.45) is 2.56. The van der Waals surface area contributed by atoms with E-state index < -0.39 is 0 Å². The van der Waals surface area contributed by atoms with Crippen molar-refractivity contribution < 1.29 is 4.74 Å². The molecule has 0 saturated carbocycles. The second kappa shape index (κ2) is 5.40. The van der Waals surface area contributed by atoms with Crippen molar-refractivity contribution >= 4 is 16.6 Å². The van der Waals surface area contributed by atoms with Gasteiger partial charge in [0.05, 0.1) is 16.9 Å². The van der Waals surface area contributed by atoms with Crippen LogP contribution in [0.2, 0.25) is 0 Å². The van der Waals surface area contributed by atoms with Crippen LogP contribution in [-0.2, 0) is 6.42 Å². The quantitative estimate of drug-likeness (QED) is 0.739. The van der Waals surface area contributed by atoms with E-state index in [4.69, 9.17) is 10.5 Å². The Kier molecular flexibility index (Phi) is 3.44. The molecule has 4 nitrogen and oxygen atoms in total. The molecule has 0 spiro atoms. The minimum Gasteiger partial charge on any atom is -0.453 e. The van der Waals surface area contributed by atoms with Crippen LogP contribution >= 0.6 is 0 Å². The zero-order chi connectivity index (χ0) is 14.8. The molecule has 4 heteroatoms. The molecule has 0 bridgehead atoms. The lowest BCUT2D eigenvalue weighted by Gasteiger charge is -2.13. The number of nitrogen functional groups attached to an aromatic ring is 1. The number of rotatable bonds is 3. The third-order valence-electron chi connectivity index (χ3n) is 3.41. The molecule has 21 heavy (non-hydrogen) atoms. The van der Waals surface area contributed by atoms with Crippen LogP contribution in [0.4, 0.5) is 5.69 Å². The van der Waals surface area contributed by atoms with Gasteiger partial charge < -0.3 is 10.5 Å². The Hall–Kier alpha value is -2.62. The predicted octanol–water partition coefficient (Wildman–Crippen LogP) is 3.88. The summed E-state index contributed by atoms with van der Waals surface area (Å²) >= 11 is 0. The number of nitrogens with zero attached hydrogens (tertiary/aromatic N) is 2. The molecule has 0 amide bonds. The summed E-state index contributed by atoms with van der Waals surface area (Å²) in [6, 6.07) is 11.4. The van der Waals surface area contributed by atoms with Gasteiger partial charge in [0.15, 0.2) is 5.75 Å². The molecule has 0 aliphatic heterocycles. The number of anilines is 1. The molecule has 0 fully saturated rings. The summed E-state index contributed by atoms with van der Waals surface area (Å²) in [7, 11) is 0. The average Bonchev–Trinajstić information content (AvgIpc) is 2.51. The number of nitrogens with two attached hydrogens (primary N) is 1. The molecular weight excluding hydrogens is 262 g/mol. The van der Waals surface area contributed by atoms with Gasteiger partial charge in [-0.1, -0.05) is 6.92 Å². The fourth-order valence-corrected chi connectivity index (χ4v) is 2.31. The first-order chi connectivity index (χ1) is 10.2. The highest BCUT2D eigenvalue weighted by Gasteiger charge is 2.10. The van der Waals surface area contributed by atoms with Gasteiger partial charge in [0.25, 0.3) is 0 Å². The lowest BCUT2D eigenvalue weighted by Crippen LogP contribution is -1.98. The molecule has 1 aromatic carbocycles. The van der Waals surface area contributed by atoms with Gasteiger partial charge >= 0.3 is 0 Å². The Bertz CT molecular complexity index is 799. The van der Waals surface area contributed by atoms with Crippen LogP contribution in [0.3, 0.4) is 0 Å². The minimum absolute atomic E-state index is 0.600. The van der Waals surface area contributed by atoms with E-state index in [9.17, 15) is 0 Å². The third-order valence-corrected chi connectivity index (χ3v) is 3.41. The van der Waals surface area contributed by atoms with Gasteiger partial charge in [-0.15, -0.1) is 0 Å². The number of ether oxygens (including phenoxy) is 1. The monoisotopic (exact) mass is 279 g/mol. The second-order valence-corrected chi connectivity index (χ2v) is 4.90. The highest BCUT2D eigenvalue weighted by Crippen LogP contribution is 2.34. The molecule has 0 aliphatic rings. The topological polar surface area (TPSA) is 61.0 Å². The van der Waals surface area contributed by atoms with E-state index in [1.54, 1.807) is 6.20 Å². The van der Waals surface area contributed by atoms with Gasteiger partial charge in [-0.2, -0.15) is 0 Å². The lowest BCUT2D eigenvalue weighted by molar-refractivity contribution is 0.475. The molecule has 0 saturated heterocycles. The number of pyridine rings is 2. The first-order valence-corrected chi connectivity index (χ1v) is 6.96. The summed E-state index contributed by atoms with van der Waals surface area (Å²) in [5.41, 5.74) is 9.58. The van der Waals surface area contributed by atoms with Gasteiger partial charge in [0, 0.05) is 17.3 Å². The van der Waals surface area contributed by atoms with Crippen LogP contribution < -0.4 is 10.5 Å². The van der Waals surface area contributed by atoms with E-state index in [2.05, 4.69) is 16.9 Å². The van der Waals surface area contributed by atoms with Crippen LogP contribution in [-0.4, -0.2) is 9.97 Å². The molecule has 0 atom stereocenters. The number of fused-ring (bicyclic) bond motifs is 1. The van der Waals surface area contributed by atoms with E-state index in [1.165, 1.54) is 0 Å². The predicted molar refractivity (Wildman–Crippen MR) is 84.6 cm³/mol. The molecule has 3 rings (SSSR count). The van der Waals surface area contributed by atoms with Gasteiger partial charge in [0.2, 0.25) is 0 Å². The number of hydrogen-bond donors (Lipinski definition) is 1. The molecule has 0 aliphatic carbocycles. The van der Waals surface area contributed by atoms with Crippen LogP contribution in [0.5, 0.6) is 11.5 Å². The number of aromatic nitrogens is 2. The maximum Gasteiger partial charge on any atom is 0.151 e. The Morgan fingerprint density at radius 3 is 2.71 bits per heavy atom. The van der Waals surface area contributed by atoms with Gasteiger partial charge in [-0.3, -0.25) is 9.97 Å². The van der Waals surface area contributed by atoms with Crippen molar-refractivity contribution in [2.75, 3.05) is 5.73 Å². The Labute approximate surface area is 123 Å². The summed E-state index contributed by atoms with van der Waals surface area (Å²) in [6.45, 7) is 4.03. The average molecular weight is 279 g/mol. The molecule has 0 radical (unpaired) electrons. The van der Waals surface area contributed by atoms with Crippen molar-refractivity contribution in [2.24, 2.45) is 0 Å². The Balaban J connectivity index is 2.04. The van der Waals surface area contributed by atoms with Crippen LogP contribution in [0.15, 0.2) is 42.6 Å². The fourth-order valence-electron chi connectivity index (χ4n) is 2.31. The minimum atomic E-state index is 0.600. The molecule has 0 unspecified atom stereocenters. The molecular formula is C17H17N3O. The summed E-state index contributed by atoms with van der Waals surface area (Å²) in [5, 5.41) is 0.896. The molecule has 2 heterocycles. The molecule has 2 aromatic heterocycles. The van der Waals surface area contributed by atoms with E-state index in [0.29, 0.717) is 11.4 Å². The smallest absolute Gasteiger partial charge is 0.151 e. The van der Waals surface area contributed by atoms with Crippen LogP contribution in [0, 0.1) is 6.92 Å². The van der Waals surface area contributed by atoms with E-state index in [-0.39, 0.29) is 0 Å². The van der Waals surface area contributed by atoms with Gasteiger partial charge in [-0.25, -0.2) is 0 Å². The van der Waals surface area contributed by atoms with Crippen LogP contribution in [0.1, 0.15) is 18.3 Å². The maximum atomic E-state index is 6.20. The Morgan fingerprint density at radius 1 is 1.10 bits per heavy atom. The highest BCUT2D eigenvalue weighted by molar-refractivity contribution is 5.93. The first-order valence-electron chi connectivity index (χ1n) is 6.96. The largest absolute Gasteiger partial charge is 0.453 e. The standard InChI is InChI=1S/C17H17N3O/c1-3-13-15(8-6-11(2)20-13)21-16-9-7-14-12(17(16)18)5-4-10-19-14/h4-10H,3,18H2,1-2H3. The first kappa shape index (κ1) is 13.4. The van der Waals surface area contributed by atoms with Crippen molar-refractivity contribution in [3.63, 3.8) is 0 Å². The van der Waals surface area contributed by atoms with E-state index >= 15 is 0 Å². The molecule has 2 N–H and O–H groups in total. The fraction of sp³-hybridized carbons (Fsp3) is 0.176. The number of aryl methyl sites for hydroxylation is 2. The van der Waals surface area contributed by atoms with Crippen molar-refractivity contribution in [1.82, 2.24) is 9.97 Å². The number of benzene rings is 1. The van der Waals surface area contributed by atoms with Crippen molar-refractivity contribution in [3.05, 3.63) is 54.0 Å².